The predicted molar refractivity (Wildman–Crippen MR) is 91.7 cm³/mol. The monoisotopic (exact) mass is 369 g/mol. The van der Waals surface area contributed by atoms with E-state index in [1.165, 1.54) is 0 Å². The standard InChI is InChI=1S/C17H26F3NO2.ClH/c1-16(21,13-22)11-9-14-5-7-15(8-6-14)23-12-4-2-3-10-17(18,19)20;/h5-8,22H,2-4,9-13,21H2,1H3;1H/t16-;/m1./s1. The maximum atomic E-state index is 12.0. The summed E-state index contributed by atoms with van der Waals surface area (Å²) in [7, 11) is 0. The van der Waals surface area contributed by atoms with Crippen molar-refractivity contribution in [2.45, 2.75) is 57.2 Å². The molecular weight excluding hydrogens is 343 g/mol. The van der Waals surface area contributed by atoms with Gasteiger partial charge in [-0.3, -0.25) is 0 Å². The summed E-state index contributed by atoms with van der Waals surface area (Å²) in [5.74, 6) is 0.710. The predicted octanol–water partition coefficient (Wildman–Crippen LogP) is 4.25. The normalized spacial score (nSPS) is 13.9. The number of aliphatic hydroxyl groups is 1. The summed E-state index contributed by atoms with van der Waals surface area (Å²) in [6.45, 7) is 2.17. The van der Waals surface area contributed by atoms with Gasteiger partial charge in [-0.15, -0.1) is 12.4 Å². The van der Waals surface area contributed by atoms with Crippen LogP contribution in [0.15, 0.2) is 24.3 Å². The zero-order valence-corrected chi connectivity index (χ0v) is 14.8. The van der Waals surface area contributed by atoms with Crippen LogP contribution in [0.3, 0.4) is 0 Å². The van der Waals surface area contributed by atoms with Crippen molar-refractivity contribution < 1.29 is 23.0 Å². The van der Waals surface area contributed by atoms with E-state index in [1.807, 2.05) is 31.2 Å². The number of hydrogen-bond donors (Lipinski definition) is 2. The molecule has 1 rings (SSSR count). The van der Waals surface area contributed by atoms with E-state index in [1.54, 1.807) is 0 Å². The number of ether oxygens (including phenoxy) is 1. The molecule has 0 aliphatic heterocycles. The lowest BCUT2D eigenvalue weighted by Crippen LogP contribution is -2.40. The fourth-order valence-electron chi connectivity index (χ4n) is 2.06. The van der Waals surface area contributed by atoms with Gasteiger partial charge in [0, 0.05) is 12.0 Å². The summed E-state index contributed by atoms with van der Waals surface area (Å²) < 4.78 is 41.4. The number of alkyl halides is 3. The van der Waals surface area contributed by atoms with Crippen molar-refractivity contribution >= 4 is 12.4 Å². The first kappa shape index (κ1) is 23.0. The summed E-state index contributed by atoms with van der Waals surface area (Å²) in [5.41, 5.74) is 6.41. The smallest absolute Gasteiger partial charge is 0.389 e. The second-order valence-electron chi connectivity index (χ2n) is 6.23. The molecule has 7 heteroatoms. The third-order valence-corrected chi connectivity index (χ3v) is 3.64. The lowest BCUT2D eigenvalue weighted by molar-refractivity contribution is -0.135. The van der Waals surface area contributed by atoms with Gasteiger partial charge in [-0.05, 0) is 56.7 Å². The third-order valence-electron chi connectivity index (χ3n) is 3.64. The van der Waals surface area contributed by atoms with E-state index in [2.05, 4.69) is 0 Å². The van der Waals surface area contributed by atoms with Gasteiger partial charge >= 0.3 is 6.18 Å². The topological polar surface area (TPSA) is 55.5 Å². The minimum Gasteiger partial charge on any atom is -0.494 e. The molecule has 1 aromatic carbocycles. The third kappa shape index (κ3) is 10.7. The van der Waals surface area contributed by atoms with Crippen LogP contribution in [0.2, 0.25) is 0 Å². The van der Waals surface area contributed by atoms with Gasteiger partial charge in [-0.25, -0.2) is 0 Å². The van der Waals surface area contributed by atoms with Crippen molar-refractivity contribution in [2.24, 2.45) is 5.73 Å². The van der Waals surface area contributed by atoms with Gasteiger partial charge in [0.25, 0.3) is 0 Å². The van der Waals surface area contributed by atoms with Gasteiger partial charge in [0.1, 0.15) is 5.75 Å². The Hall–Kier alpha value is -0.980. The fourth-order valence-corrected chi connectivity index (χ4v) is 2.06. The summed E-state index contributed by atoms with van der Waals surface area (Å²) in [6, 6.07) is 7.56. The van der Waals surface area contributed by atoms with Gasteiger partial charge in [-0.2, -0.15) is 13.2 Å². The van der Waals surface area contributed by atoms with E-state index in [4.69, 9.17) is 15.6 Å². The van der Waals surface area contributed by atoms with E-state index < -0.39 is 18.1 Å². The van der Waals surface area contributed by atoms with Crippen molar-refractivity contribution in [1.29, 1.82) is 0 Å². The van der Waals surface area contributed by atoms with Crippen molar-refractivity contribution in [1.82, 2.24) is 0 Å². The highest BCUT2D eigenvalue weighted by molar-refractivity contribution is 5.85. The molecule has 0 amide bonds. The SMILES string of the molecule is C[C@](N)(CO)CCc1ccc(OCCCCCC(F)(F)F)cc1.Cl. The Labute approximate surface area is 147 Å². The molecule has 0 saturated heterocycles. The molecule has 0 aliphatic carbocycles. The molecule has 0 spiro atoms. The Morgan fingerprint density at radius 1 is 1.04 bits per heavy atom. The molecule has 1 aromatic rings. The first-order chi connectivity index (χ1) is 10.7. The van der Waals surface area contributed by atoms with Crippen molar-refractivity contribution in [3.05, 3.63) is 29.8 Å². The molecule has 140 valence electrons. The molecule has 24 heavy (non-hydrogen) atoms. The quantitative estimate of drug-likeness (QED) is 0.606. The highest BCUT2D eigenvalue weighted by Crippen LogP contribution is 2.22. The van der Waals surface area contributed by atoms with Crippen LogP contribution in [0.4, 0.5) is 13.2 Å². The van der Waals surface area contributed by atoms with Crippen LogP contribution >= 0.6 is 12.4 Å². The molecular formula is C17H27ClF3NO2. The van der Waals surface area contributed by atoms with Gasteiger partial charge in [0.05, 0.1) is 13.2 Å². The van der Waals surface area contributed by atoms with Crippen molar-refractivity contribution in [3.8, 4) is 5.75 Å². The van der Waals surface area contributed by atoms with E-state index in [9.17, 15) is 13.2 Å². The summed E-state index contributed by atoms with van der Waals surface area (Å²) in [4.78, 5) is 0. The van der Waals surface area contributed by atoms with Crippen LogP contribution in [-0.2, 0) is 6.42 Å². The lowest BCUT2D eigenvalue weighted by atomic mass is 9.95. The molecule has 0 heterocycles. The second kappa shape index (κ2) is 10.8. The molecule has 0 aromatic heterocycles. The molecule has 1 atom stereocenters. The molecule has 3 N–H and O–H groups in total. The number of hydrogen-bond acceptors (Lipinski definition) is 3. The molecule has 0 bridgehead atoms. The van der Waals surface area contributed by atoms with Crippen LogP contribution < -0.4 is 10.5 Å². The summed E-state index contributed by atoms with van der Waals surface area (Å²) >= 11 is 0. The van der Waals surface area contributed by atoms with Crippen LogP contribution in [0.5, 0.6) is 5.75 Å². The van der Waals surface area contributed by atoms with Gasteiger partial charge in [0.15, 0.2) is 0 Å². The first-order valence-electron chi connectivity index (χ1n) is 7.90. The zero-order chi connectivity index (χ0) is 17.3. The maximum absolute atomic E-state index is 12.0. The number of benzene rings is 1. The van der Waals surface area contributed by atoms with Crippen LogP contribution in [0, 0.1) is 0 Å². The first-order valence-corrected chi connectivity index (χ1v) is 7.90. The Kier molecular flexibility index (Phi) is 10.4. The average molecular weight is 370 g/mol. The molecule has 0 radical (unpaired) electrons. The number of rotatable bonds is 10. The molecule has 3 nitrogen and oxygen atoms in total. The summed E-state index contributed by atoms with van der Waals surface area (Å²) in [5, 5.41) is 9.11. The summed E-state index contributed by atoms with van der Waals surface area (Å²) in [6.07, 6.45) is -2.07. The minimum atomic E-state index is -4.06. The van der Waals surface area contributed by atoms with Crippen LogP contribution in [0.25, 0.3) is 0 Å². The Balaban J connectivity index is 0.00000529. The molecule has 0 saturated carbocycles. The highest BCUT2D eigenvalue weighted by Gasteiger charge is 2.25. The Bertz CT molecular complexity index is 450. The molecule has 0 fully saturated rings. The Morgan fingerprint density at radius 2 is 1.67 bits per heavy atom. The van der Waals surface area contributed by atoms with Crippen molar-refractivity contribution in [3.63, 3.8) is 0 Å². The van der Waals surface area contributed by atoms with E-state index in [-0.39, 0.29) is 25.4 Å². The second-order valence-corrected chi connectivity index (χ2v) is 6.23. The van der Waals surface area contributed by atoms with E-state index in [0.717, 1.165) is 12.0 Å². The number of halogens is 4. The highest BCUT2D eigenvalue weighted by atomic mass is 35.5. The maximum Gasteiger partial charge on any atom is 0.389 e. The lowest BCUT2D eigenvalue weighted by Gasteiger charge is -2.21. The van der Waals surface area contributed by atoms with Crippen LogP contribution in [-0.4, -0.2) is 30.0 Å². The van der Waals surface area contributed by atoms with Gasteiger partial charge < -0.3 is 15.6 Å². The number of aryl methyl sites for hydroxylation is 1. The zero-order valence-electron chi connectivity index (χ0n) is 13.9. The largest absolute Gasteiger partial charge is 0.494 e. The van der Waals surface area contributed by atoms with E-state index in [0.29, 0.717) is 31.6 Å². The fraction of sp³-hybridized carbons (Fsp3) is 0.647. The average Bonchev–Trinajstić information content (AvgIpc) is 2.49. The minimum absolute atomic E-state index is 0. The van der Waals surface area contributed by atoms with Crippen molar-refractivity contribution in [2.75, 3.05) is 13.2 Å². The molecule has 0 aliphatic rings. The van der Waals surface area contributed by atoms with E-state index >= 15 is 0 Å². The number of nitrogens with two attached hydrogens (primary N) is 1. The molecule has 0 unspecified atom stereocenters. The van der Waals surface area contributed by atoms with Gasteiger partial charge in [0.2, 0.25) is 0 Å². The van der Waals surface area contributed by atoms with Gasteiger partial charge in [-0.1, -0.05) is 12.1 Å². The van der Waals surface area contributed by atoms with Crippen LogP contribution in [0.1, 0.15) is 44.6 Å². The Morgan fingerprint density at radius 3 is 2.21 bits per heavy atom. The number of aliphatic hydroxyl groups excluding tert-OH is 1. The number of unbranched alkanes of at least 4 members (excludes halogenated alkanes) is 2.